The van der Waals surface area contributed by atoms with Crippen LogP contribution in [0.5, 0.6) is 5.75 Å². The van der Waals surface area contributed by atoms with Gasteiger partial charge in [-0.1, -0.05) is 50.3 Å². The number of ketones is 1. The predicted octanol–water partition coefficient (Wildman–Crippen LogP) is 6.60. The third-order valence-electron chi connectivity index (χ3n) is 6.50. The van der Waals surface area contributed by atoms with Gasteiger partial charge in [-0.05, 0) is 67.8 Å². The van der Waals surface area contributed by atoms with E-state index in [9.17, 15) is 4.79 Å². The lowest BCUT2D eigenvalue weighted by Gasteiger charge is -2.32. The second-order valence-corrected chi connectivity index (χ2v) is 8.24. The van der Waals surface area contributed by atoms with E-state index in [0.717, 1.165) is 44.3 Å². The zero-order valence-corrected chi connectivity index (χ0v) is 18.9. The second kappa shape index (κ2) is 6.87. The average Bonchev–Trinajstić information content (AvgIpc) is 3.03. The molecule has 0 spiro atoms. The van der Waals surface area contributed by atoms with E-state index in [0.29, 0.717) is 0 Å². The van der Waals surface area contributed by atoms with Crippen molar-refractivity contribution in [2.24, 2.45) is 0 Å². The van der Waals surface area contributed by atoms with Gasteiger partial charge in [-0.15, -0.1) is 0 Å². The molecule has 0 aromatic heterocycles. The Hall–Kier alpha value is -2.81. The highest BCUT2D eigenvalue weighted by Crippen LogP contribution is 2.52. The van der Waals surface area contributed by atoms with Crippen molar-refractivity contribution in [2.75, 3.05) is 0 Å². The highest BCUT2D eigenvalue weighted by Gasteiger charge is 2.37. The molecule has 2 radical (unpaired) electrons. The van der Waals surface area contributed by atoms with Crippen molar-refractivity contribution in [3.63, 3.8) is 0 Å². The van der Waals surface area contributed by atoms with Gasteiger partial charge in [0, 0.05) is 27.6 Å². The molecule has 0 saturated carbocycles. The summed E-state index contributed by atoms with van der Waals surface area (Å²) in [6.07, 6.45) is 3.80. The predicted molar refractivity (Wildman–Crippen MR) is 127 cm³/mol. The van der Waals surface area contributed by atoms with Crippen LogP contribution in [-0.4, -0.2) is 19.1 Å². The normalized spacial score (nSPS) is 18.3. The van der Waals surface area contributed by atoms with Crippen molar-refractivity contribution in [1.29, 1.82) is 0 Å². The van der Waals surface area contributed by atoms with Gasteiger partial charge in [-0.25, -0.2) is 0 Å². The highest BCUT2D eigenvalue weighted by atomic mass is 16.5. The van der Waals surface area contributed by atoms with Gasteiger partial charge in [0.25, 0.3) is 0 Å². The fraction of sp³-hybridized carbons (Fsp3) is 0.296. The molecule has 0 amide bonds. The number of hydrogen-bond donors (Lipinski definition) is 0. The number of hydrogen-bond acceptors (Lipinski definition) is 2. The van der Waals surface area contributed by atoms with Crippen molar-refractivity contribution in [2.45, 2.75) is 54.0 Å². The first kappa shape index (κ1) is 20.5. The molecule has 2 nitrogen and oxygen atoms in total. The lowest BCUT2D eigenvalue weighted by molar-refractivity contribution is 0.104. The van der Waals surface area contributed by atoms with E-state index < -0.39 is 5.50 Å². The van der Waals surface area contributed by atoms with Crippen LogP contribution in [0.1, 0.15) is 64.5 Å². The molecule has 2 aliphatic rings. The van der Waals surface area contributed by atoms with Gasteiger partial charge < -0.3 is 4.74 Å². The smallest absolute Gasteiger partial charge is 0.195 e. The Kier molecular flexibility index (Phi) is 4.69. The van der Waals surface area contributed by atoms with Crippen LogP contribution in [0.4, 0.5) is 0 Å². The molecular weight excluding hydrogens is 367 g/mol. The van der Waals surface area contributed by atoms with E-state index in [2.05, 4.69) is 33.8 Å². The number of rotatable bonds is 0. The van der Waals surface area contributed by atoms with Crippen LogP contribution < -0.4 is 4.74 Å². The average molecular weight is 394 g/mol. The highest BCUT2D eigenvalue weighted by molar-refractivity contribution is 6.30. The Morgan fingerprint density at radius 3 is 2.03 bits per heavy atom. The maximum absolute atomic E-state index is 13.4. The van der Waals surface area contributed by atoms with Crippen LogP contribution in [0.15, 0.2) is 30.3 Å². The Balaban J connectivity index is 0.00000106. The molecule has 3 heteroatoms. The molecule has 5 rings (SSSR count). The molecule has 0 fully saturated rings. The van der Waals surface area contributed by atoms with Crippen molar-refractivity contribution in [1.82, 2.24) is 0 Å². The van der Waals surface area contributed by atoms with Gasteiger partial charge in [0.15, 0.2) is 5.78 Å². The molecular formula is C27H27BO2. The zero-order chi connectivity index (χ0) is 22.0. The minimum absolute atomic E-state index is 0.0629. The van der Waals surface area contributed by atoms with E-state index in [1.807, 2.05) is 51.1 Å². The number of carbonyl (C=O) groups is 1. The van der Waals surface area contributed by atoms with Gasteiger partial charge in [0.05, 0.1) is 5.50 Å². The number of carbonyl (C=O) groups excluding carboxylic acids is 1. The summed E-state index contributed by atoms with van der Waals surface area (Å²) in [6.45, 7) is 14.4. The summed E-state index contributed by atoms with van der Waals surface area (Å²) in [6, 6.07) is 7.89. The molecule has 150 valence electrons. The molecule has 1 heterocycles. The Morgan fingerprint density at radius 2 is 1.40 bits per heavy atom. The third kappa shape index (κ3) is 2.61. The Morgan fingerprint density at radius 1 is 0.833 bits per heavy atom. The Bertz CT molecular complexity index is 1260. The summed E-state index contributed by atoms with van der Waals surface area (Å²) in [4.78, 5) is 13.4. The molecule has 30 heavy (non-hydrogen) atoms. The maximum Gasteiger partial charge on any atom is 0.195 e. The van der Waals surface area contributed by atoms with Gasteiger partial charge in [0.2, 0.25) is 0 Å². The van der Waals surface area contributed by atoms with Crippen LogP contribution in [0.3, 0.4) is 0 Å². The second-order valence-electron chi connectivity index (χ2n) is 8.24. The number of ether oxygens (including phenoxy) is 1. The summed E-state index contributed by atoms with van der Waals surface area (Å²) in [7, 11) is 6.31. The number of aryl methyl sites for hydroxylation is 2. The first-order valence-electron chi connectivity index (χ1n) is 10.6. The van der Waals surface area contributed by atoms with Crippen LogP contribution in [-0.2, 0) is 0 Å². The number of benzene rings is 3. The summed E-state index contributed by atoms with van der Waals surface area (Å²) < 4.78 is 6.27. The van der Waals surface area contributed by atoms with Crippen LogP contribution in [0.25, 0.3) is 28.0 Å². The molecule has 0 saturated heterocycles. The minimum atomic E-state index is -0.901. The van der Waals surface area contributed by atoms with Crippen molar-refractivity contribution in [3.8, 4) is 16.9 Å². The molecule has 0 N–H and O–H groups in total. The molecule has 0 bridgehead atoms. The molecule has 1 aliphatic carbocycles. The van der Waals surface area contributed by atoms with E-state index in [1.54, 1.807) is 0 Å². The summed E-state index contributed by atoms with van der Waals surface area (Å²) in [5, 5.41) is 2.18. The first-order valence-corrected chi connectivity index (χ1v) is 10.6. The van der Waals surface area contributed by atoms with E-state index in [4.69, 9.17) is 12.6 Å². The fourth-order valence-electron chi connectivity index (χ4n) is 4.72. The van der Waals surface area contributed by atoms with Gasteiger partial charge in [0.1, 0.15) is 13.6 Å². The van der Waals surface area contributed by atoms with E-state index >= 15 is 0 Å². The molecule has 3 aromatic carbocycles. The molecule has 1 aliphatic heterocycles. The summed E-state index contributed by atoms with van der Waals surface area (Å²) >= 11 is 0. The Labute approximate surface area is 180 Å². The zero-order valence-electron chi connectivity index (χ0n) is 18.9. The van der Waals surface area contributed by atoms with E-state index in [-0.39, 0.29) is 5.78 Å². The SMILES string of the molecule is CC.[B]C1(C)C=Cc2c3c(c4c(C)c(C)c(C)c(C)c4c2O1)-c1ccccc1C3=O. The lowest BCUT2D eigenvalue weighted by Crippen LogP contribution is -2.32. The van der Waals surface area contributed by atoms with Crippen LogP contribution in [0.2, 0.25) is 0 Å². The van der Waals surface area contributed by atoms with Gasteiger partial charge >= 0.3 is 0 Å². The topological polar surface area (TPSA) is 26.3 Å². The minimum Gasteiger partial charge on any atom is -0.492 e. The molecule has 1 atom stereocenters. The largest absolute Gasteiger partial charge is 0.492 e. The summed E-state index contributed by atoms with van der Waals surface area (Å²) in [5.74, 6) is 0.791. The van der Waals surface area contributed by atoms with Gasteiger partial charge in [-0.3, -0.25) is 4.79 Å². The maximum atomic E-state index is 13.4. The monoisotopic (exact) mass is 394 g/mol. The molecule has 1 unspecified atom stereocenters. The first-order chi connectivity index (χ1) is 14.2. The lowest BCUT2D eigenvalue weighted by atomic mass is 9.78. The van der Waals surface area contributed by atoms with Crippen molar-refractivity contribution < 1.29 is 9.53 Å². The molecule has 3 aromatic rings. The summed E-state index contributed by atoms with van der Waals surface area (Å²) in [5.41, 5.74) is 8.37. The van der Waals surface area contributed by atoms with Crippen LogP contribution in [0, 0.1) is 27.7 Å². The van der Waals surface area contributed by atoms with Gasteiger partial charge in [-0.2, -0.15) is 0 Å². The van der Waals surface area contributed by atoms with Crippen molar-refractivity contribution >= 4 is 30.5 Å². The third-order valence-corrected chi connectivity index (χ3v) is 6.50. The van der Waals surface area contributed by atoms with Crippen LogP contribution >= 0.6 is 0 Å². The number of fused-ring (bicyclic) bond motifs is 8. The fourth-order valence-corrected chi connectivity index (χ4v) is 4.72. The van der Waals surface area contributed by atoms with E-state index in [1.165, 1.54) is 22.3 Å². The van der Waals surface area contributed by atoms with Crippen molar-refractivity contribution in [3.05, 3.63) is 69.3 Å². The quantitative estimate of drug-likeness (QED) is 0.314. The standard InChI is InChI=1S/C25H21BO2.C2H6/c1-12-13(2)15(4)20-19(14(12)3)21-16-8-6-7-9-17(16)23(27)22(21)18-10-11-25(5,26)28-24(18)20;1-2/h6-11H,1-5H3;1-2H3.